The number of nitrogens with zero attached hydrogens (tertiary/aromatic N) is 3. The van der Waals surface area contributed by atoms with Crippen molar-refractivity contribution in [3.8, 4) is 0 Å². The third-order valence-corrected chi connectivity index (χ3v) is 4.51. The van der Waals surface area contributed by atoms with Gasteiger partial charge in [0.2, 0.25) is 0 Å². The van der Waals surface area contributed by atoms with Crippen molar-refractivity contribution >= 4 is 5.71 Å². The molecule has 0 saturated heterocycles. The van der Waals surface area contributed by atoms with Gasteiger partial charge in [0.15, 0.2) is 0 Å². The fourth-order valence-electron chi connectivity index (χ4n) is 3.00. The van der Waals surface area contributed by atoms with Gasteiger partial charge in [-0.25, -0.2) is 0 Å². The Bertz CT molecular complexity index is 477. The summed E-state index contributed by atoms with van der Waals surface area (Å²) in [5.74, 6) is 0. The van der Waals surface area contributed by atoms with E-state index in [0.29, 0.717) is 0 Å². The molecule has 0 aromatic rings. The molecule has 0 atom stereocenters. The molecule has 0 heterocycles. The molecule has 0 fully saturated rings. The molecule has 1 rings (SSSR count). The van der Waals surface area contributed by atoms with Gasteiger partial charge in [-0.2, -0.15) is 4.79 Å². The standard InChI is InChI=1S/C20H34N2.HNO3/c1-2-3-4-5-6-7-8-9-10-11-12-13-14-19-15-17-20(22-21)18-16-19;2-1(3)4/h15-17H,2-14,18H2,1H3;(H,2,3,4). The van der Waals surface area contributed by atoms with Crippen molar-refractivity contribution in [1.29, 1.82) is 0 Å². The molecule has 0 aliphatic heterocycles. The van der Waals surface area contributed by atoms with E-state index < -0.39 is 5.09 Å². The van der Waals surface area contributed by atoms with Gasteiger partial charge in [-0.05, 0) is 12.8 Å². The minimum absolute atomic E-state index is 0.762. The fraction of sp³-hybridized carbons (Fsp3) is 0.750. The second-order valence-corrected chi connectivity index (χ2v) is 6.78. The summed E-state index contributed by atoms with van der Waals surface area (Å²) >= 11 is 0. The maximum absolute atomic E-state index is 8.67. The monoisotopic (exact) mass is 365 g/mol. The van der Waals surface area contributed by atoms with E-state index in [2.05, 4.69) is 23.9 Å². The maximum Gasteiger partial charge on any atom is 0.295 e. The highest BCUT2D eigenvalue weighted by Crippen LogP contribution is 2.17. The molecule has 1 N–H and O–H groups in total. The van der Waals surface area contributed by atoms with Gasteiger partial charge in [-0.3, -0.25) is 0 Å². The van der Waals surface area contributed by atoms with Crippen LogP contribution in [0.2, 0.25) is 0 Å². The Kier molecular flexibility index (Phi) is 16.5. The molecule has 0 saturated carbocycles. The Labute approximate surface area is 157 Å². The van der Waals surface area contributed by atoms with E-state index in [0.717, 1.165) is 12.1 Å². The Hall–Kier alpha value is -1.94. The summed E-state index contributed by atoms with van der Waals surface area (Å²) in [5.41, 5.74) is 10.8. The average Bonchev–Trinajstić information content (AvgIpc) is 2.62. The Morgan fingerprint density at radius 2 is 1.46 bits per heavy atom. The molecule has 0 bridgehead atoms. The van der Waals surface area contributed by atoms with Crippen molar-refractivity contribution in [3.63, 3.8) is 0 Å². The Morgan fingerprint density at radius 1 is 1.00 bits per heavy atom. The molecule has 6 nitrogen and oxygen atoms in total. The molecular formula is C20H35N3O3. The first-order chi connectivity index (χ1) is 12.6. The zero-order chi connectivity index (χ0) is 19.5. The lowest BCUT2D eigenvalue weighted by Gasteiger charge is -2.05. The minimum atomic E-state index is -1.50. The quantitative estimate of drug-likeness (QED) is 0.136. The summed E-state index contributed by atoms with van der Waals surface area (Å²) in [6.07, 6.45) is 25.0. The molecule has 6 heteroatoms. The van der Waals surface area contributed by atoms with Crippen LogP contribution in [0.5, 0.6) is 0 Å². The first kappa shape index (κ1) is 24.1. The lowest BCUT2D eigenvalue weighted by atomic mass is 9.99. The number of hydrogen-bond acceptors (Lipinski definition) is 2. The number of rotatable bonds is 13. The smallest absolute Gasteiger partial charge is 0.295 e. The molecule has 0 unspecified atom stereocenters. The predicted octanol–water partition coefficient (Wildman–Crippen LogP) is 6.29. The minimum Gasteiger partial charge on any atom is -0.361 e. The summed E-state index contributed by atoms with van der Waals surface area (Å²) in [7, 11) is 0. The molecular weight excluding hydrogens is 330 g/mol. The lowest BCUT2D eigenvalue weighted by Crippen LogP contribution is -1.98. The molecule has 0 spiro atoms. The van der Waals surface area contributed by atoms with E-state index >= 15 is 0 Å². The van der Waals surface area contributed by atoms with Crippen LogP contribution in [0, 0.1) is 10.1 Å². The van der Waals surface area contributed by atoms with Crippen LogP contribution in [0.4, 0.5) is 0 Å². The van der Waals surface area contributed by atoms with Crippen LogP contribution in [0.3, 0.4) is 0 Å². The van der Waals surface area contributed by atoms with Gasteiger partial charge in [0.25, 0.3) is 10.8 Å². The first-order valence-corrected chi connectivity index (χ1v) is 10.0. The van der Waals surface area contributed by atoms with Crippen LogP contribution in [0.1, 0.15) is 96.8 Å². The van der Waals surface area contributed by atoms with Gasteiger partial charge >= 0.3 is 0 Å². The molecule has 148 valence electrons. The largest absolute Gasteiger partial charge is 0.361 e. The molecule has 26 heavy (non-hydrogen) atoms. The molecule has 0 aromatic carbocycles. The highest BCUT2D eigenvalue weighted by Gasteiger charge is 2.07. The summed E-state index contributed by atoms with van der Waals surface area (Å²) in [5, 5.41) is 13.6. The number of hydrogen-bond donors (Lipinski definition) is 1. The molecule has 0 amide bonds. The number of allylic oxidation sites excluding steroid dienone is 4. The van der Waals surface area contributed by atoms with Gasteiger partial charge in [-0.15, -0.1) is 10.1 Å². The van der Waals surface area contributed by atoms with Crippen LogP contribution < -0.4 is 0 Å². The van der Waals surface area contributed by atoms with Gasteiger partial charge in [0.05, 0.1) is 6.42 Å². The third-order valence-electron chi connectivity index (χ3n) is 4.51. The average molecular weight is 366 g/mol. The Morgan fingerprint density at radius 3 is 1.85 bits per heavy atom. The highest BCUT2D eigenvalue weighted by molar-refractivity contribution is 5.93. The van der Waals surface area contributed by atoms with Crippen molar-refractivity contribution < 1.29 is 15.1 Å². The van der Waals surface area contributed by atoms with Crippen molar-refractivity contribution in [1.82, 2.24) is 0 Å². The molecule has 1 aliphatic rings. The van der Waals surface area contributed by atoms with Crippen LogP contribution in [-0.4, -0.2) is 20.8 Å². The van der Waals surface area contributed by atoms with Gasteiger partial charge < -0.3 is 10.7 Å². The second-order valence-electron chi connectivity index (χ2n) is 6.78. The molecule has 0 aromatic heterocycles. The third kappa shape index (κ3) is 16.9. The van der Waals surface area contributed by atoms with Gasteiger partial charge in [-0.1, -0.05) is 95.3 Å². The highest BCUT2D eigenvalue weighted by atomic mass is 16.9. The SMILES string of the molecule is CCCCCCCCCCCCCCC1=CCC(=[N+]=[N-])C=C1.O=[N+]([O-])O. The summed E-state index contributed by atoms with van der Waals surface area (Å²) in [6.45, 7) is 2.28. The lowest BCUT2D eigenvalue weighted by molar-refractivity contribution is -0.742. The summed E-state index contributed by atoms with van der Waals surface area (Å²) < 4.78 is 0. The van der Waals surface area contributed by atoms with E-state index in [1.807, 2.05) is 6.08 Å². The number of unbranched alkanes of at least 4 members (excludes halogenated alkanes) is 11. The summed E-state index contributed by atoms with van der Waals surface area (Å²) in [6, 6.07) is 0. The van der Waals surface area contributed by atoms with E-state index in [-0.39, 0.29) is 0 Å². The van der Waals surface area contributed by atoms with Crippen molar-refractivity contribution in [2.24, 2.45) is 0 Å². The van der Waals surface area contributed by atoms with Crippen LogP contribution >= 0.6 is 0 Å². The van der Waals surface area contributed by atoms with E-state index in [1.54, 1.807) is 0 Å². The molecule has 1 aliphatic carbocycles. The molecule has 0 radical (unpaired) electrons. The van der Waals surface area contributed by atoms with Crippen LogP contribution in [0.15, 0.2) is 23.8 Å². The zero-order valence-corrected chi connectivity index (χ0v) is 16.2. The van der Waals surface area contributed by atoms with E-state index in [1.165, 1.54) is 89.0 Å². The van der Waals surface area contributed by atoms with Crippen molar-refractivity contribution in [3.05, 3.63) is 39.4 Å². The Balaban J connectivity index is 0.00000141. The van der Waals surface area contributed by atoms with Crippen molar-refractivity contribution in [2.75, 3.05) is 0 Å². The van der Waals surface area contributed by atoms with Gasteiger partial charge in [0.1, 0.15) is 0 Å². The van der Waals surface area contributed by atoms with Crippen LogP contribution in [-0.2, 0) is 0 Å². The second kappa shape index (κ2) is 17.9. The summed E-state index contributed by atoms with van der Waals surface area (Å²) in [4.78, 5) is 11.6. The van der Waals surface area contributed by atoms with Gasteiger partial charge in [0, 0.05) is 6.08 Å². The van der Waals surface area contributed by atoms with E-state index in [9.17, 15) is 0 Å². The topological polar surface area (TPSA) is 99.8 Å². The van der Waals surface area contributed by atoms with Crippen LogP contribution in [0.25, 0.3) is 5.53 Å². The van der Waals surface area contributed by atoms with E-state index in [4.69, 9.17) is 20.9 Å². The zero-order valence-electron chi connectivity index (χ0n) is 16.2. The predicted molar refractivity (Wildman–Crippen MR) is 105 cm³/mol. The normalized spacial score (nSPS) is 12.8. The first-order valence-electron chi connectivity index (χ1n) is 10.0. The van der Waals surface area contributed by atoms with Crippen molar-refractivity contribution in [2.45, 2.75) is 96.8 Å². The fourth-order valence-corrected chi connectivity index (χ4v) is 3.00. The maximum atomic E-state index is 8.67.